The average molecular weight is 331 g/mol. The number of hydrogen-bond donors (Lipinski definition) is 0. The Bertz CT molecular complexity index is 844. The van der Waals surface area contributed by atoms with Crippen LogP contribution in [0.4, 0.5) is 11.4 Å². The number of carbonyl (C=O) groups excluding carboxylic acids is 1. The molecule has 3 aromatic carbocycles. The Kier molecular flexibility index (Phi) is 3.87. The molecule has 0 spiro atoms. The second-order valence-corrected chi connectivity index (χ2v) is 6.92. The fraction of sp³-hybridized carbons (Fsp3) is 0.0952. The van der Waals surface area contributed by atoms with Crippen LogP contribution in [0.1, 0.15) is 17.0 Å². The third kappa shape index (κ3) is 2.51. The number of nitrogens with zero attached hydrogens (tertiary/aromatic N) is 1. The summed E-state index contributed by atoms with van der Waals surface area (Å²) in [5.41, 5.74) is 4.35. The molecule has 4 rings (SSSR count). The molecule has 0 bridgehead atoms. The molecule has 0 amide bonds. The van der Waals surface area contributed by atoms with E-state index in [4.69, 9.17) is 0 Å². The first kappa shape index (κ1) is 15.0. The predicted octanol–water partition coefficient (Wildman–Crippen LogP) is 5.22. The molecule has 0 saturated heterocycles. The van der Waals surface area contributed by atoms with Gasteiger partial charge in [0.05, 0.1) is 5.92 Å². The quantitative estimate of drug-likeness (QED) is 0.601. The molecule has 118 valence electrons. The molecule has 0 N–H and O–H groups in total. The van der Waals surface area contributed by atoms with E-state index >= 15 is 0 Å². The number of thioether (sulfide) groups is 1. The largest absolute Gasteiger partial charge is 0.344 e. The van der Waals surface area contributed by atoms with Crippen LogP contribution in [0, 0.1) is 0 Å². The monoisotopic (exact) mass is 331 g/mol. The van der Waals surface area contributed by atoms with Gasteiger partial charge in [-0.3, -0.25) is 4.79 Å². The molecule has 0 radical (unpaired) electrons. The molecule has 0 saturated carbocycles. The number of benzene rings is 3. The van der Waals surface area contributed by atoms with E-state index in [1.807, 2.05) is 54.6 Å². The molecule has 0 aliphatic carbocycles. The molecule has 1 heterocycles. The second-order valence-electron chi connectivity index (χ2n) is 5.84. The van der Waals surface area contributed by atoms with Crippen LogP contribution in [0.25, 0.3) is 0 Å². The van der Waals surface area contributed by atoms with Crippen molar-refractivity contribution in [1.82, 2.24) is 0 Å². The van der Waals surface area contributed by atoms with Gasteiger partial charge in [-0.25, -0.2) is 0 Å². The van der Waals surface area contributed by atoms with Crippen LogP contribution in [-0.2, 0) is 4.79 Å². The van der Waals surface area contributed by atoms with Gasteiger partial charge in [-0.15, -0.1) is 0 Å². The van der Waals surface area contributed by atoms with Crippen molar-refractivity contribution < 1.29 is 4.79 Å². The Morgan fingerprint density at radius 1 is 0.792 bits per heavy atom. The summed E-state index contributed by atoms with van der Waals surface area (Å²) in [6.07, 6.45) is 0. The van der Waals surface area contributed by atoms with Crippen LogP contribution in [-0.4, -0.2) is 12.2 Å². The lowest BCUT2D eigenvalue weighted by Crippen LogP contribution is -2.24. The molecule has 3 aromatic rings. The maximum absolute atomic E-state index is 13.1. The summed E-state index contributed by atoms with van der Waals surface area (Å²) < 4.78 is 0. The predicted molar refractivity (Wildman–Crippen MR) is 100 cm³/mol. The molecule has 3 heteroatoms. The lowest BCUT2D eigenvalue weighted by molar-refractivity contribution is -0.111. The molecule has 24 heavy (non-hydrogen) atoms. The van der Waals surface area contributed by atoms with Crippen LogP contribution in [0.2, 0.25) is 0 Å². The van der Waals surface area contributed by atoms with Crippen LogP contribution < -0.4 is 4.90 Å². The van der Waals surface area contributed by atoms with Crippen molar-refractivity contribution in [3.63, 3.8) is 0 Å². The van der Waals surface area contributed by atoms with E-state index in [2.05, 4.69) is 36.2 Å². The molecule has 0 fully saturated rings. The van der Waals surface area contributed by atoms with E-state index in [1.54, 1.807) is 0 Å². The number of fused-ring (bicyclic) bond motifs is 2. The normalized spacial score (nSPS) is 13.3. The summed E-state index contributed by atoms with van der Waals surface area (Å²) >= 11 is 1.32. The van der Waals surface area contributed by atoms with Crippen molar-refractivity contribution >= 4 is 28.3 Å². The Morgan fingerprint density at radius 2 is 1.29 bits per heavy atom. The first-order valence-corrected chi connectivity index (χ1v) is 8.75. The zero-order valence-electron chi connectivity index (χ0n) is 13.3. The van der Waals surface area contributed by atoms with Gasteiger partial charge in [-0.2, -0.15) is 0 Å². The molecule has 0 atom stereocenters. The molecule has 0 aromatic heterocycles. The molecule has 1 aliphatic heterocycles. The standard InChI is InChI=1S/C21H17NOS/c1-22-18-13-7-5-11-16(18)20(17-12-6-8-14-19(17)22)21(23)24-15-9-3-2-4-10-15/h2-14,20H,1H3. The topological polar surface area (TPSA) is 20.3 Å². The van der Waals surface area contributed by atoms with Gasteiger partial charge in [0.15, 0.2) is 0 Å². The SMILES string of the molecule is CN1c2ccccc2C(C(=O)Sc2ccccc2)c2ccccc21. The van der Waals surface area contributed by atoms with Crippen molar-refractivity contribution in [3.8, 4) is 0 Å². The van der Waals surface area contributed by atoms with Gasteiger partial charge >= 0.3 is 0 Å². The first-order chi connectivity index (χ1) is 11.8. The summed E-state index contributed by atoms with van der Waals surface area (Å²) in [5, 5.41) is 0.161. The van der Waals surface area contributed by atoms with Crippen molar-refractivity contribution in [2.75, 3.05) is 11.9 Å². The van der Waals surface area contributed by atoms with Crippen LogP contribution >= 0.6 is 11.8 Å². The van der Waals surface area contributed by atoms with Crippen molar-refractivity contribution in [3.05, 3.63) is 90.0 Å². The molecule has 1 aliphatic rings. The van der Waals surface area contributed by atoms with E-state index in [-0.39, 0.29) is 11.0 Å². The third-order valence-corrected chi connectivity index (χ3v) is 5.36. The van der Waals surface area contributed by atoms with Gasteiger partial charge in [-0.05, 0) is 35.4 Å². The lowest BCUT2D eigenvalue weighted by atomic mass is 9.86. The number of rotatable bonds is 2. The summed E-state index contributed by atoms with van der Waals surface area (Å²) in [4.78, 5) is 16.3. The summed E-state index contributed by atoms with van der Waals surface area (Å²) in [6.45, 7) is 0. The minimum Gasteiger partial charge on any atom is -0.344 e. The zero-order valence-corrected chi connectivity index (χ0v) is 14.2. The summed E-state index contributed by atoms with van der Waals surface area (Å²) in [6, 6.07) is 26.2. The van der Waals surface area contributed by atoms with Crippen LogP contribution in [0.3, 0.4) is 0 Å². The van der Waals surface area contributed by atoms with Gasteiger partial charge in [-0.1, -0.05) is 66.4 Å². The number of anilines is 2. The summed E-state index contributed by atoms with van der Waals surface area (Å²) in [7, 11) is 2.06. The second kappa shape index (κ2) is 6.17. The van der Waals surface area contributed by atoms with Gasteiger partial charge in [0.2, 0.25) is 5.12 Å². The minimum atomic E-state index is -0.237. The van der Waals surface area contributed by atoms with Crippen molar-refractivity contribution in [1.29, 1.82) is 0 Å². The molecule has 0 unspecified atom stereocenters. The Morgan fingerprint density at radius 3 is 1.88 bits per heavy atom. The van der Waals surface area contributed by atoms with Crippen molar-refractivity contribution in [2.45, 2.75) is 10.8 Å². The molecule has 2 nitrogen and oxygen atoms in total. The maximum atomic E-state index is 13.1. The Hall–Kier alpha value is -2.52. The fourth-order valence-electron chi connectivity index (χ4n) is 3.29. The Balaban J connectivity index is 1.80. The summed E-state index contributed by atoms with van der Waals surface area (Å²) in [5.74, 6) is -0.237. The van der Waals surface area contributed by atoms with E-state index < -0.39 is 0 Å². The number of carbonyl (C=O) groups is 1. The van der Waals surface area contributed by atoms with Crippen LogP contribution in [0.5, 0.6) is 0 Å². The van der Waals surface area contributed by atoms with E-state index in [0.29, 0.717) is 0 Å². The van der Waals surface area contributed by atoms with Crippen molar-refractivity contribution in [2.24, 2.45) is 0 Å². The highest BCUT2D eigenvalue weighted by Crippen LogP contribution is 2.46. The van der Waals surface area contributed by atoms with Gasteiger partial charge < -0.3 is 4.90 Å². The highest BCUT2D eigenvalue weighted by molar-refractivity contribution is 8.13. The number of para-hydroxylation sites is 2. The first-order valence-electron chi connectivity index (χ1n) is 7.94. The van der Waals surface area contributed by atoms with E-state index in [9.17, 15) is 4.79 Å². The smallest absolute Gasteiger partial charge is 0.205 e. The third-order valence-electron chi connectivity index (χ3n) is 4.42. The zero-order chi connectivity index (χ0) is 16.5. The maximum Gasteiger partial charge on any atom is 0.205 e. The van der Waals surface area contributed by atoms with Gasteiger partial charge in [0.1, 0.15) is 0 Å². The average Bonchev–Trinajstić information content (AvgIpc) is 2.63. The highest BCUT2D eigenvalue weighted by atomic mass is 32.2. The molecular formula is C21H17NOS. The van der Waals surface area contributed by atoms with Gasteiger partial charge in [0, 0.05) is 23.3 Å². The van der Waals surface area contributed by atoms with E-state index in [1.165, 1.54) is 11.8 Å². The fourth-order valence-corrected chi connectivity index (χ4v) is 4.19. The van der Waals surface area contributed by atoms with E-state index in [0.717, 1.165) is 27.4 Å². The number of hydrogen-bond acceptors (Lipinski definition) is 3. The van der Waals surface area contributed by atoms with Crippen LogP contribution in [0.15, 0.2) is 83.8 Å². The van der Waals surface area contributed by atoms with Gasteiger partial charge in [0.25, 0.3) is 0 Å². The molecular weight excluding hydrogens is 314 g/mol. The highest BCUT2D eigenvalue weighted by Gasteiger charge is 2.33. The Labute approximate surface area is 146 Å². The minimum absolute atomic E-state index is 0.161. The lowest BCUT2D eigenvalue weighted by Gasteiger charge is -2.34.